The number of phenols is 1. The maximum Gasteiger partial charge on any atom is 0.162 e. The second-order valence-corrected chi connectivity index (χ2v) is 3.86. The van der Waals surface area contributed by atoms with Gasteiger partial charge in [-0.05, 0) is 17.5 Å². The zero-order valence-corrected chi connectivity index (χ0v) is 10.2. The van der Waals surface area contributed by atoms with Gasteiger partial charge in [-0.3, -0.25) is 0 Å². The molecule has 0 radical (unpaired) electrons. The van der Waals surface area contributed by atoms with E-state index in [9.17, 15) is 5.11 Å². The summed E-state index contributed by atoms with van der Waals surface area (Å²) in [6, 6.07) is 3.75. The molecule has 0 aliphatic carbocycles. The van der Waals surface area contributed by atoms with Gasteiger partial charge in [0.05, 0.1) is 20.8 Å². The molecule has 0 atom stereocenters. The van der Waals surface area contributed by atoms with E-state index in [1.54, 1.807) is 13.2 Å². The Balaban J connectivity index is 3.14. The zero-order chi connectivity index (χ0) is 12.1. The second kappa shape index (κ2) is 5.72. The predicted octanol–water partition coefficient (Wildman–Crippen LogP) is 2.18. The highest BCUT2D eigenvalue weighted by Gasteiger charge is 2.14. The number of hydrogen-bond donors (Lipinski definition) is 2. The summed E-state index contributed by atoms with van der Waals surface area (Å²) in [4.78, 5) is 4.81. The maximum atomic E-state index is 10.0. The molecule has 0 saturated heterocycles. The van der Waals surface area contributed by atoms with E-state index >= 15 is 0 Å². The minimum atomic E-state index is 0.179. The molecule has 1 aromatic carbocycles. The number of ether oxygens (including phenoxy) is 1. The van der Waals surface area contributed by atoms with Gasteiger partial charge in [-0.2, -0.15) is 5.48 Å². The summed E-state index contributed by atoms with van der Waals surface area (Å²) in [6.45, 7) is 4.61. The molecule has 1 aromatic rings. The molecule has 0 aliphatic heterocycles. The number of methoxy groups -OCH3 is 1. The standard InChI is InChI=1S/C12H19NO3/c1-8(2)9-5-6-11(15-3)12(14)10(9)7-13-16-4/h5-6,8,13-14H,7H2,1-4H3. The molecule has 0 saturated carbocycles. The molecule has 0 unspecified atom stereocenters. The van der Waals surface area contributed by atoms with Crippen molar-refractivity contribution >= 4 is 0 Å². The number of hydrogen-bond acceptors (Lipinski definition) is 4. The van der Waals surface area contributed by atoms with Crippen molar-refractivity contribution in [2.24, 2.45) is 0 Å². The van der Waals surface area contributed by atoms with Crippen LogP contribution in [0.2, 0.25) is 0 Å². The van der Waals surface area contributed by atoms with Crippen LogP contribution in [-0.4, -0.2) is 19.3 Å². The van der Waals surface area contributed by atoms with Crippen LogP contribution < -0.4 is 10.2 Å². The lowest BCUT2D eigenvalue weighted by atomic mass is 9.96. The molecule has 0 fully saturated rings. The fourth-order valence-corrected chi connectivity index (χ4v) is 1.67. The van der Waals surface area contributed by atoms with E-state index in [2.05, 4.69) is 19.3 Å². The van der Waals surface area contributed by atoms with E-state index in [4.69, 9.17) is 9.57 Å². The van der Waals surface area contributed by atoms with E-state index in [-0.39, 0.29) is 5.75 Å². The summed E-state index contributed by atoms with van der Waals surface area (Å²) in [5, 5.41) is 10.0. The van der Waals surface area contributed by atoms with Crippen LogP contribution in [0.1, 0.15) is 30.9 Å². The summed E-state index contributed by atoms with van der Waals surface area (Å²) in [7, 11) is 3.09. The molecule has 4 nitrogen and oxygen atoms in total. The Labute approximate surface area is 96.1 Å². The first-order valence-corrected chi connectivity index (χ1v) is 5.26. The summed E-state index contributed by atoms with van der Waals surface area (Å²) >= 11 is 0. The largest absolute Gasteiger partial charge is 0.504 e. The number of hydroxylamine groups is 1. The highest BCUT2D eigenvalue weighted by molar-refractivity contribution is 5.50. The van der Waals surface area contributed by atoms with Crippen molar-refractivity contribution in [1.82, 2.24) is 5.48 Å². The second-order valence-electron chi connectivity index (χ2n) is 3.86. The zero-order valence-electron chi connectivity index (χ0n) is 10.2. The molecule has 0 spiro atoms. The summed E-state index contributed by atoms with van der Waals surface area (Å²) < 4.78 is 5.08. The van der Waals surface area contributed by atoms with Crippen molar-refractivity contribution in [2.75, 3.05) is 14.2 Å². The normalized spacial score (nSPS) is 10.8. The lowest BCUT2D eigenvalue weighted by molar-refractivity contribution is 0.0858. The van der Waals surface area contributed by atoms with E-state index in [1.165, 1.54) is 7.11 Å². The third-order valence-corrected chi connectivity index (χ3v) is 2.52. The Morgan fingerprint density at radius 1 is 1.31 bits per heavy atom. The van der Waals surface area contributed by atoms with Gasteiger partial charge < -0.3 is 14.7 Å². The van der Waals surface area contributed by atoms with Crippen LogP contribution in [0.25, 0.3) is 0 Å². The van der Waals surface area contributed by atoms with E-state index < -0.39 is 0 Å². The average molecular weight is 225 g/mol. The Kier molecular flexibility index (Phi) is 4.58. The molecule has 16 heavy (non-hydrogen) atoms. The number of aromatic hydroxyl groups is 1. The Hall–Kier alpha value is -1.26. The SMILES string of the molecule is CONCc1c(C(C)C)ccc(OC)c1O. The molecule has 1 rings (SSSR count). The molecule has 0 aromatic heterocycles. The van der Waals surface area contributed by atoms with Crippen molar-refractivity contribution in [3.8, 4) is 11.5 Å². The quantitative estimate of drug-likeness (QED) is 0.754. The van der Waals surface area contributed by atoms with Crippen LogP contribution in [0.3, 0.4) is 0 Å². The fraction of sp³-hybridized carbons (Fsp3) is 0.500. The number of phenolic OH excluding ortho intramolecular Hbond substituents is 1. The first kappa shape index (κ1) is 12.8. The fourth-order valence-electron chi connectivity index (χ4n) is 1.67. The van der Waals surface area contributed by atoms with Gasteiger partial charge in [-0.25, -0.2) is 0 Å². The van der Waals surface area contributed by atoms with E-state index in [0.29, 0.717) is 18.2 Å². The summed E-state index contributed by atoms with van der Waals surface area (Å²) in [6.07, 6.45) is 0. The lowest BCUT2D eigenvalue weighted by Crippen LogP contribution is -2.13. The Morgan fingerprint density at radius 3 is 2.50 bits per heavy atom. The van der Waals surface area contributed by atoms with Gasteiger partial charge in [0.1, 0.15) is 0 Å². The molecule has 2 N–H and O–H groups in total. The Bertz CT molecular complexity index is 350. The Morgan fingerprint density at radius 2 is 2.00 bits per heavy atom. The monoisotopic (exact) mass is 225 g/mol. The third kappa shape index (κ3) is 2.65. The summed E-state index contributed by atoms with van der Waals surface area (Å²) in [5.74, 6) is 1.00. The van der Waals surface area contributed by atoms with Crippen LogP contribution in [0.4, 0.5) is 0 Å². The van der Waals surface area contributed by atoms with Gasteiger partial charge in [0.2, 0.25) is 0 Å². The van der Waals surface area contributed by atoms with Crippen molar-refractivity contribution in [3.63, 3.8) is 0 Å². The van der Waals surface area contributed by atoms with Gasteiger partial charge >= 0.3 is 0 Å². The molecule has 0 amide bonds. The van der Waals surface area contributed by atoms with Crippen LogP contribution in [0, 0.1) is 0 Å². The van der Waals surface area contributed by atoms with Crippen molar-refractivity contribution in [3.05, 3.63) is 23.3 Å². The van der Waals surface area contributed by atoms with Gasteiger partial charge in [0.15, 0.2) is 11.5 Å². The average Bonchev–Trinajstić information content (AvgIpc) is 2.26. The van der Waals surface area contributed by atoms with Crippen molar-refractivity contribution in [2.45, 2.75) is 26.3 Å². The highest BCUT2D eigenvalue weighted by atomic mass is 16.6. The molecular weight excluding hydrogens is 206 g/mol. The molecule has 90 valence electrons. The smallest absolute Gasteiger partial charge is 0.162 e. The topological polar surface area (TPSA) is 50.7 Å². The minimum absolute atomic E-state index is 0.179. The number of benzene rings is 1. The van der Waals surface area contributed by atoms with E-state index in [1.807, 2.05) is 6.07 Å². The highest BCUT2D eigenvalue weighted by Crippen LogP contribution is 2.35. The van der Waals surface area contributed by atoms with Crippen LogP contribution in [0.5, 0.6) is 11.5 Å². The van der Waals surface area contributed by atoms with Gasteiger partial charge in [0, 0.05) is 5.56 Å². The number of nitrogens with one attached hydrogen (secondary N) is 1. The first-order chi connectivity index (χ1) is 7.61. The van der Waals surface area contributed by atoms with Crippen molar-refractivity contribution < 1.29 is 14.7 Å². The first-order valence-electron chi connectivity index (χ1n) is 5.26. The molecular formula is C12H19NO3. The summed E-state index contributed by atoms with van der Waals surface area (Å²) in [5.41, 5.74) is 4.64. The minimum Gasteiger partial charge on any atom is -0.504 e. The van der Waals surface area contributed by atoms with Crippen molar-refractivity contribution in [1.29, 1.82) is 0 Å². The van der Waals surface area contributed by atoms with Gasteiger partial charge in [-0.15, -0.1) is 0 Å². The van der Waals surface area contributed by atoms with Crippen LogP contribution in [0.15, 0.2) is 12.1 Å². The maximum absolute atomic E-state index is 10.0. The van der Waals surface area contributed by atoms with Gasteiger partial charge in [0.25, 0.3) is 0 Å². The van der Waals surface area contributed by atoms with Crippen LogP contribution in [-0.2, 0) is 11.4 Å². The van der Waals surface area contributed by atoms with Gasteiger partial charge in [-0.1, -0.05) is 19.9 Å². The van der Waals surface area contributed by atoms with Crippen LogP contribution >= 0.6 is 0 Å². The third-order valence-electron chi connectivity index (χ3n) is 2.52. The molecule has 4 heteroatoms. The molecule has 0 bridgehead atoms. The molecule has 0 heterocycles. The number of rotatable bonds is 5. The van der Waals surface area contributed by atoms with E-state index in [0.717, 1.165) is 11.1 Å². The lowest BCUT2D eigenvalue weighted by Gasteiger charge is -2.16. The molecule has 0 aliphatic rings. The predicted molar refractivity (Wildman–Crippen MR) is 62.6 cm³/mol.